The van der Waals surface area contributed by atoms with E-state index in [0.717, 1.165) is 18.9 Å². The number of fused-ring (bicyclic) bond motifs is 1. The molecule has 1 saturated carbocycles. The van der Waals surface area contributed by atoms with E-state index in [9.17, 15) is 8.78 Å². The summed E-state index contributed by atoms with van der Waals surface area (Å²) in [6.45, 7) is 2.80. The van der Waals surface area contributed by atoms with Crippen molar-refractivity contribution in [2.75, 3.05) is 5.73 Å². The fourth-order valence-corrected chi connectivity index (χ4v) is 2.09. The standard InChI is InChI=1S/C12H13F2N3/c1-12(2-3-12)6-17-9-5-7(13)4-8(14)10(9)16-11(17)15/h4-5H,2-3,6H2,1H3,(H2,15,16). The molecule has 17 heavy (non-hydrogen) atoms. The molecule has 3 nitrogen and oxygen atoms in total. The first kappa shape index (κ1) is 10.5. The first-order valence-corrected chi connectivity index (χ1v) is 5.59. The normalized spacial score (nSPS) is 17.6. The molecule has 1 fully saturated rings. The van der Waals surface area contributed by atoms with Crippen LogP contribution in [0, 0.1) is 17.0 Å². The van der Waals surface area contributed by atoms with Crippen molar-refractivity contribution < 1.29 is 8.78 Å². The van der Waals surface area contributed by atoms with Crippen molar-refractivity contribution in [1.29, 1.82) is 0 Å². The van der Waals surface area contributed by atoms with Crippen molar-refractivity contribution in [3.8, 4) is 0 Å². The van der Waals surface area contributed by atoms with Crippen molar-refractivity contribution >= 4 is 17.0 Å². The summed E-state index contributed by atoms with van der Waals surface area (Å²) in [4.78, 5) is 3.96. The highest BCUT2D eigenvalue weighted by atomic mass is 19.1. The smallest absolute Gasteiger partial charge is 0.201 e. The lowest BCUT2D eigenvalue weighted by atomic mass is 10.1. The highest BCUT2D eigenvalue weighted by Gasteiger charge is 2.38. The molecule has 0 aliphatic heterocycles. The molecule has 90 valence electrons. The molecule has 0 bridgehead atoms. The monoisotopic (exact) mass is 237 g/mol. The van der Waals surface area contributed by atoms with Gasteiger partial charge in [0.25, 0.3) is 0 Å². The maximum absolute atomic E-state index is 13.5. The second-order valence-electron chi connectivity index (χ2n) is 5.12. The number of nitrogens with zero attached hydrogens (tertiary/aromatic N) is 2. The lowest BCUT2D eigenvalue weighted by Gasteiger charge is -2.11. The van der Waals surface area contributed by atoms with Gasteiger partial charge in [-0.1, -0.05) is 6.92 Å². The van der Waals surface area contributed by atoms with Crippen LogP contribution in [0.3, 0.4) is 0 Å². The van der Waals surface area contributed by atoms with Gasteiger partial charge in [-0.25, -0.2) is 13.8 Å². The molecule has 0 atom stereocenters. The van der Waals surface area contributed by atoms with Crippen molar-refractivity contribution in [1.82, 2.24) is 9.55 Å². The summed E-state index contributed by atoms with van der Waals surface area (Å²) in [6, 6.07) is 2.12. The second-order valence-corrected chi connectivity index (χ2v) is 5.12. The van der Waals surface area contributed by atoms with E-state index in [1.165, 1.54) is 6.07 Å². The molecule has 0 spiro atoms. The molecular formula is C12H13F2N3. The fourth-order valence-electron chi connectivity index (χ4n) is 2.09. The first-order valence-electron chi connectivity index (χ1n) is 5.59. The Kier molecular flexibility index (Phi) is 1.97. The van der Waals surface area contributed by atoms with Crippen molar-refractivity contribution in [2.45, 2.75) is 26.3 Å². The van der Waals surface area contributed by atoms with E-state index in [0.29, 0.717) is 12.1 Å². The van der Waals surface area contributed by atoms with E-state index >= 15 is 0 Å². The SMILES string of the molecule is CC1(Cn2c(N)nc3c(F)cc(F)cc32)CC1. The van der Waals surface area contributed by atoms with Crippen LogP contribution >= 0.6 is 0 Å². The van der Waals surface area contributed by atoms with Crippen LogP contribution in [0.25, 0.3) is 11.0 Å². The number of halogens is 2. The Morgan fingerprint density at radius 1 is 1.41 bits per heavy atom. The van der Waals surface area contributed by atoms with Gasteiger partial charge < -0.3 is 10.3 Å². The molecule has 1 aromatic carbocycles. The maximum Gasteiger partial charge on any atom is 0.201 e. The highest BCUT2D eigenvalue weighted by molar-refractivity contribution is 5.79. The van der Waals surface area contributed by atoms with Gasteiger partial charge >= 0.3 is 0 Å². The van der Waals surface area contributed by atoms with Crippen molar-refractivity contribution in [3.63, 3.8) is 0 Å². The summed E-state index contributed by atoms with van der Waals surface area (Å²) in [5, 5.41) is 0. The predicted octanol–water partition coefficient (Wildman–Crippen LogP) is 2.70. The van der Waals surface area contributed by atoms with E-state index in [1.807, 2.05) is 0 Å². The van der Waals surface area contributed by atoms with Crippen LogP contribution in [0.1, 0.15) is 19.8 Å². The Balaban J connectivity index is 2.19. The lowest BCUT2D eigenvalue weighted by Crippen LogP contribution is -2.10. The summed E-state index contributed by atoms with van der Waals surface area (Å²) in [7, 11) is 0. The lowest BCUT2D eigenvalue weighted by molar-refractivity contribution is 0.476. The topological polar surface area (TPSA) is 43.8 Å². The number of aromatic nitrogens is 2. The van der Waals surface area contributed by atoms with Gasteiger partial charge in [0, 0.05) is 18.7 Å². The number of hydrogen-bond acceptors (Lipinski definition) is 2. The quantitative estimate of drug-likeness (QED) is 0.872. The minimum Gasteiger partial charge on any atom is -0.369 e. The van der Waals surface area contributed by atoms with Crippen LogP contribution in [-0.2, 0) is 6.54 Å². The molecule has 3 rings (SSSR count). The third-order valence-corrected chi connectivity index (χ3v) is 3.45. The van der Waals surface area contributed by atoms with Crippen LogP contribution in [0.5, 0.6) is 0 Å². The molecule has 0 amide bonds. The molecule has 1 aliphatic rings. The minimum atomic E-state index is -0.661. The summed E-state index contributed by atoms with van der Waals surface area (Å²) in [5.41, 5.74) is 6.55. The molecule has 1 heterocycles. The van der Waals surface area contributed by atoms with Gasteiger partial charge in [0.05, 0.1) is 5.52 Å². The van der Waals surface area contributed by atoms with E-state index in [-0.39, 0.29) is 16.9 Å². The number of nitrogen functional groups attached to an aromatic ring is 1. The van der Waals surface area contributed by atoms with E-state index in [4.69, 9.17) is 5.73 Å². The van der Waals surface area contributed by atoms with Gasteiger partial charge in [-0.2, -0.15) is 0 Å². The molecule has 5 heteroatoms. The third-order valence-electron chi connectivity index (χ3n) is 3.45. The summed E-state index contributed by atoms with van der Waals surface area (Å²) in [6.07, 6.45) is 2.23. The molecule has 2 N–H and O–H groups in total. The first-order chi connectivity index (χ1) is 7.98. The van der Waals surface area contributed by atoms with E-state index in [1.54, 1.807) is 4.57 Å². The van der Waals surface area contributed by atoms with Gasteiger partial charge in [-0.3, -0.25) is 0 Å². The van der Waals surface area contributed by atoms with Crippen molar-refractivity contribution in [2.24, 2.45) is 5.41 Å². The zero-order valence-electron chi connectivity index (χ0n) is 9.50. The zero-order valence-corrected chi connectivity index (χ0v) is 9.50. The summed E-state index contributed by atoms with van der Waals surface area (Å²) >= 11 is 0. The van der Waals surface area contributed by atoms with Crippen molar-refractivity contribution in [3.05, 3.63) is 23.8 Å². The van der Waals surface area contributed by atoms with E-state index < -0.39 is 11.6 Å². The fraction of sp³-hybridized carbons (Fsp3) is 0.417. The number of benzene rings is 1. The molecule has 0 unspecified atom stereocenters. The molecule has 0 radical (unpaired) electrons. The van der Waals surface area contributed by atoms with Gasteiger partial charge in [0.1, 0.15) is 11.3 Å². The average Bonchev–Trinajstić information content (AvgIpc) is 2.89. The molecule has 0 saturated heterocycles. The predicted molar refractivity (Wildman–Crippen MR) is 61.4 cm³/mol. The van der Waals surface area contributed by atoms with Gasteiger partial charge in [-0.05, 0) is 18.3 Å². The number of anilines is 1. The van der Waals surface area contributed by atoms with Crippen LogP contribution in [0.2, 0.25) is 0 Å². The van der Waals surface area contributed by atoms with Gasteiger partial charge in [-0.15, -0.1) is 0 Å². The largest absolute Gasteiger partial charge is 0.369 e. The second kappa shape index (κ2) is 3.18. The average molecular weight is 237 g/mol. The molecule has 1 aromatic heterocycles. The van der Waals surface area contributed by atoms with Crippen LogP contribution in [0.4, 0.5) is 14.7 Å². The Labute approximate surface area is 97.2 Å². The van der Waals surface area contributed by atoms with Gasteiger partial charge in [0.2, 0.25) is 5.95 Å². The van der Waals surface area contributed by atoms with Gasteiger partial charge in [0.15, 0.2) is 5.82 Å². The maximum atomic E-state index is 13.5. The third kappa shape index (κ3) is 1.66. The number of hydrogen-bond donors (Lipinski definition) is 1. The number of nitrogens with two attached hydrogens (primary N) is 1. The zero-order chi connectivity index (χ0) is 12.2. The summed E-state index contributed by atoms with van der Waals surface area (Å²) < 4.78 is 28.4. The van der Waals surface area contributed by atoms with E-state index in [2.05, 4.69) is 11.9 Å². The van der Waals surface area contributed by atoms with Crippen LogP contribution in [-0.4, -0.2) is 9.55 Å². The molecular weight excluding hydrogens is 224 g/mol. The van der Waals surface area contributed by atoms with Crippen LogP contribution < -0.4 is 5.73 Å². The number of rotatable bonds is 2. The Morgan fingerprint density at radius 3 is 2.76 bits per heavy atom. The molecule has 1 aliphatic carbocycles. The highest BCUT2D eigenvalue weighted by Crippen LogP contribution is 2.47. The Bertz CT molecular complexity index is 599. The minimum absolute atomic E-state index is 0.146. The Hall–Kier alpha value is -1.65. The Morgan fingerprint density at radius 2 is 2.12 bits per heavy atom. The molecule has 2 aromatic rings. The van der Waals surface area contributed by atoms with Crippen LogP contribution in [0.15, 0.2) is 12.1 Å². The number of imidazole rings is 1. The summed E-state index contributed by atoms with van der Waals surface area (Å²) in [5.74, 6) is -1.01.